The van der Waals surface area contributed by atoms with Crippen LogP contribution in [0, 0.1) is 11.3 Å². The quantitative estimate of drug-likeness (QED) is 0.552. The first-order chi connectivity index (χ1) is 6.70. The first kappa shape index (κ1) is 10.4. The van der Waals surface area contributed by atoms with E-state index in [2.05, 4.69) is 4.74 Å². The lowest BCUT2D eigenvalue weighted by Gasteiger charge is -2.02. The minimum Gasteiger partial charge on any atom is -0.463 e. The van der Waals surface area contributed by atoms with E-state index in [1.807, 2.05) is 0 Å². The van der Waals surface area contributed by atoms with Crippen molar-refractivity contribution in [2.45, 2.75) is 5.92 Å². The summed E-state index contributed by atoms with van der Waals surface area (Å²) in [5.41, 5.74) is 0. The molecule has 5 heteroatoms. The summed E-state index contributed by atoms with van der Waals surface area (Å²) in [5, 5.41) is 10.5. The van der Waals surface area contributed by atoms with Crippen molar-refractivity contribution in [1.29, 1.82) is 5.26 Å². The third-order valence-electron chi connectivity index (χ3n) is 1.61. The molecule has 1 atom stereocenters. The highest BCUT2D eigenvalue weighted by atomic mass is 32.1. The van der Waals surface area contributed by atoms with Crippen molar-refractivity contribution in [1.82, 2.24) is 0 Å². The molecule has 0 amide bonds. The fourth-order valence-corrected chi connectivity index (χ4v) is 1.69. The molecule has 0 aliphatic carbocycles. The van der Waals surface area contributed by atoms with E-state index in [0.717, 1.165) is 7.11 Å². The Kier molecular flexibility index (Phi) is 3.37. The molecule has 72 valence electrons. The number of nitrogens with zero attached hydrogens (tertiary/aromatic N) is 1. The maximum Gasteiger partial charge on any atom is 0.376 e. The molecule has 4 nitrogen and oxygen atoms in total. The van der Waals surface area contributed by atoms with Gasteiger partial charge in [0.05, 0.1) is 13.2 Å². The van der Waals surface area contributed by atoms with Crippen LogP contribution in [-0.2, 0) is 14.3 Å². The number of thiophene rings is 1. The van der Waals surface area contributed by atoms with Crippen LogP contribution in [0.4, 0.5) is 0 Å². The lowest BCUT2D eigenvalue weighted by Crippen LogP contribution is -2.21. The maximum atomic E-state index is 11.3. The highest BCUT2D eigenvalue weighted by molar-refractivity contribution is 7.10. The van der Waals surface area contributed by atoms with Crippen LogP contribution in [0.25, 0.3) is 0 Å². The molecular weight excluding hydrogens is 202 g/mol. The number of carbonyl (C=O) groups excluding carboxylic acids is 2. The number of rotatable bonds is 3. The summed E-state index contributed by atoms with van der Waals surface area (Å²) in [6, 6.07) is 5.13. The first-order valence-corrected chi connectivity index (χ1v) is 4.64. The van der Waals surface area contributed by atoms with Crippen molar-refractivity contribution in [2.24, 2.45) is 0 Å². The number of ether oxygens (including phenoxy) is 1. The Hall–Kier alpha value is -1.67. The zero-order valence-corrected chi connectivity index (χ0v) is 8.21. The molecule has 0 aliphatic rings. The summed E-state index contributed by atoms with van der Waals surface area (Å²) in [7, 11) is 1.11. The molecule has 1 heterocycles. The summed E-state index contributed by atoms with van der Waals surface area (Å²) in [4.78, 5) is 22.8. The molecule has 1 aromatic rings. The molecule has 0 fully saturated rings. The Morgan fingerprint density at radius 1 is 1.64 bits per heavy atom. The van der Waals surface area contributed by atoms with E-state index in [1.165, 1.54) is 11.3 Å². The van der Waals surface area contributed by atoms with Crippen molar-refractivity contribution in [3.8, 4) is 6.07 Å². The Balaban J connectivity index is 2.90. The first-order valence-electron chi connectivity index (χ1n) is 3.76. The van der Waals surface area contributed by atoms with Crippen LogP contribution >= 0.6 is 11.3 Å². The van der Waals surface area contributed by atoms with Gasteiger partial charge in [-0.2, -0.15) is 5.26 Å². The van der Waals surface area contributed by atoms with E-state index in [4.69, 9.17) is 5.26 Å². The average molecular weight is 209 g/mol. The zero-order valence-electron chi connectivity index (χ0n) is 7.39. The fourth-order valence-electron chi connectivity index (χ4n) is 0.925. The van der Waals surface area contributed by atoms with Gasteiger partial charge in [-0.3, -0.25) is 4.79 Å². The lowest BCUT2D eigenvalue weighted by molar-refractivity contribution is -0.151. The van der Waals surface area contributed by atoms with E-state index in [1.54, 1.807) is 23.6 Å². The number of carbonyl (C=O) groups is 2. The molecule has 1 unspecified atom stereocenters. The van der Waals surface area contributed by atoms with Gasteiger partial charge in [0.2, 0.25) is 0 Å². The molecule has 0 spiro atoms. The monoisotopic (exact) mass is 209 g/mol. The number of nitriles is 1. The van der Waals surface area contributed by atoms with Crippen molar-refractivity contribution < 1.29 is 14.3 Å². The summed E-state index contributed by atoms with van der Waals surface area (Å²) < 4.78 is 4.26. The molecule has 0 N–H and O–H groups in total. The van der Waals surface area contributed by atoms with E-state index in [-0.39, 0.29) is 0 Å². The van der Waals surface area contributed by atoms with E-state index >= 15 is 0 Å². The molecule has 1 rings (SSSR count). The van der Waals surface area contributed by atoms with Gasteiger partial charge in [-0.1, -0.05) is 6.07 Å². The normalized spacial score (nSPS) is 11.4. The van der Waals surface area contributed by atoms with Crippen LogP contribution in [0.1, 0.15) is 10.8 Å². The van der Waals surface area contributed by atoms with Gasteiger partial charge in [0.25, 0.3) is 5.78 Å². The topological polar surface area (TPSA) is 67.2 Å². The van der Waals surface area contributed by atoms with Gasteiger partial charge in [-0.15, -0.1) is 11.3 Å². The third-order valence-corrected chi connectivity index (χ3v) is 2.54. The van der Waals surface area contributed by atoms with Gasteiger partial charge < -0.3 is 4.74 Å². The largest absolute Gasteiger partial charge is 0.463 e. The van der Waals surface area contributed by atoms with Crippen molar-refractivity contribution in [3.63, 3.8) is 0 Å². The minimum absolute atomic E-state index is 0.558. The van der Waals surface area contributed by atoms with Crippen LogP contribution in [0.5, 0.6) is 0 Å². The minimum atomic E-state index is -1.04. The van der Waals surface area contributed by atoms with Gasteiger partial charge in [0.1, 0.15) is 0 Å². The SMILES string of the molecule is COC(=O)C(=O)C(C#N)c1cccs1. The highest BCUT2D eigenvalue weighted by Crippen LogP contribution is 2.21. The van der Waals surface area contributed by atoms with E-state index in [0.29, 0.717) is 4.88 Å². The molecule has 1 aromatic heterocycles. The molecular formula is C9H7NO3S. The van der Waals surface area contributed by atoms with E-state index in [9.17, 15) is 9.59 Å². The predicted octanol–water partition coefficient (Wildman–Crippen LogP) is 1.10. The number of Topliss-reactive ketones (excluding diaryl/α,β-unsaturated/α-hetero) is 1. The summed E-state index contributed by atoms with van der Waals surface area (Å²) in [6.07, 6.45) is 0. The van der Waals surface area contributed by atoms with Crippen LogP contribution in [-0.4, -0.2) is 18.9 Å². The second-order valence-electron chi connectivity index (χ2n) is 2.43. The average Bonchev–Trinajstić information content (AvgIpc) is 2.71. The Morgan fingerprint density at radius 3 is 2.79 bits per heavy atom. The second-order valence-corrected chi connectivity index (χ2v) is 3.41. The molecule has 0 aliphatic heterocycles. The third kappa shape index (κ3) is 1.98. The maximum absolute atomic E-state index is 11.3. The standard InChI is InChI=1S/C9H7NO3S/c1-13-9(12)8(11)6(5-10)7-3-2-4-14-7/h2-4,6H,1H3. The van der Waals surface area contributed by atoms with Crippen LogP contribution in [0.2, 0.25) is 0 Å². The molecule has 14 heavy (non-hydrogen) atoms. The number of esters is 1. The summed E-state index contributed by atoms with van der Waals surface area (Å²) >= 11 is 1.26. The fraction of sp³-hybridized carbons (Fsp3) is 0.222. The van der Waals surface area contributed by atoms with E-state index < -0.39 is 17.7 Å². The highest BCUT2D eigenvalue weighted by Gasteiger charge is 2.28. The van der Waals surface area contributed by atoms with Gasteiger partial charge in [-0.25, -0.2) is 4.79 Å². The van der Waals surface area contributed by atoms with Crippen molar-refractivity contribution >= 4 is 23.1 Å². The smallest absolute Gasteiger partial charge is 0.376 e. The van der Waals surface area contributed by atoms with Gasteiger partial charge in [0.15, 0.2) is 5.92 Å². The predicted molar refractivity (Wildman–Crippen MR) is 49.7 cm³/mol. The van der Waals surface area contributed by atoms with Gasteiger partial charge >= 0.3 is 5.97 Å². The molecule has 0 saturated carbocycles. The summed E-state index contributed by atoms with van der Waals surface area (Å²) in [5.74, 6) is -2.84. The number of methoxy groups -OCH3 is 1. The number of ketones is 1. The van der Waals surface area contributed by atoms with Gasteiger partial charge in [0, 0.05) is 4.88 Å². The Labute approximate surface area is 84.7 Å². The lowest BCUT2D eigenvalue weighted by atomic mass is 10.0. The molecule has 0 saturated heterocycles. The molecule has 0 aromatic carbocycles. The van der Waals surface area contributed by atoms with Crippen LogP contribution in [0.15, 0.2) is 17.5 Å². The summed E-state index contributed by atoms with van der Waals surface area (Å²) in [6.45, 7) is 0. The molecule has 0 radical (unpaired) electrons. The van der Waals surface area contributed by atoms with Gasteiger partial charge in [-0.05, 0) is 11.4 Å². The van der Waals surface area contributed by atoms with Crippen molar-refractivity contribution in [2.75, 3.05) is 7.11 Å². The molecule has 0 bridgehead atoms. The van der Waals surface area contributed by atoms with Crippen molar-refractivity contribution in [3.05, 3.63) is 22.4 Å². The number of hydrogen-bond acceptors (Lipinski definition) is 5. The Bertz CT molecular complexity index is 377. The van der Waals surface area contributed by atoms with Crippen LogP contribution in [0.3, 0.4) is 0 Å². The number of hydrogen-bond donors (Lipinski definition) is 0. The van der Waals surface area contributed by atoms with Crippen LogP contribution < -0.4 is 0 Å². The Morgan fingerprint density at radius 2 is 2.36 bits per heavy atom. The zero-order chi connectivity index (χ0) is 10.6. The second kappa shape index (κ2) is 4.53.